The van der Waals surface area contributed by atoms with Crippen molar-refractivity contribution in [1.82, 2.24) is 25.9 Å². The second-order valence-corrected chi connectivity index (χ2v) is 8.31. The lowest BCUT2D eigenvalue weighted by atomic mass is 10.0. The number of hydrogen-bond acceptors (Lipinski definition) is 8. The summed E-state index contributed by atoms with van der Waals surface area (Å²) in [7, 11) is 0. The summed E-state index contributed by atoms with van der Waals surface area (Å²) in [6.45, 7) is 3.51. The Labute approximate surface area is 200 Å². The molecule has 15 nitrogen and oxygen atoms in total. The van der Waals surface area contributed by atoms with E-state index >= 15 is 0 Å². The zero-order valence-corrected chi connectivity index (χ0v) is 19.3. The average Bonchev–Trinajstić information content (AvgIpc) is 3.24. The Bertz CT molecular complexity index is 919. The van der Waals surface area contributed by atoms with Gasteiger partial charge in [0.1, 0.15) is 18.1 Å². The van der Waals surface area contributed by atoms with Gasteiger partial charge in [0.05, 0.1) is 25.2 Å². The Morgan fingerprint density at radius 2 is 1.51 bits per heavy atom. The van der Waals surface area contributed by atoms with Crippen LogP contribution in [-0.4, -0.2) is 79.9 Å². The first-order valence-electron chi connectivity index (χ1n) is 10.7. The fourth-order valence-electron chi connectivity index (χ4n) is 3.04. The van der Waals surface area contributed by atoms with Crippen LogP contribution in [0.1, 0.15) is 38.8 Å². The minimum absolute atomic E-state index is 0.0757. The van der Waals surface area contributed by atoms with Gasteiger partial charge in [-0.1, -0.05) is 13.8 Å². The minimum Gasteiger partial charge on any atom is -0.481 e. The number of rotatable bonds is 15. The maximum absolute atomic E-state index is 13.1. The normalized spacial score (nSPS) is 14.3. The molecule has 1 heterocycles. The van der Waals surface area contributed by atoms with Gasteiger partial charge in [0.2, 0.25) is 23.6 Å². The smallest absolute Gasteiger partial charge is 0.326 e. The number of nitrogens with two attached hydrogens (primary N) is 2. The van der Waals surface area contributed by atoms with E-state index in [1.54, 1.807) is 13.8 Å². The molecule has 194 valence electrons. The Morgan fingerprint density at radius 3 is 2.00 bits per heavy atom. The van der Waals surface area contributed by atoms with Crippen LogP contribution in [0.2, 0.25) is 0 Å². The van der Waals surface area contributed by atoms with Gasteiger partial charge in [-0.3, -0.25) is 24.0 Å². The third-order valence-electron chi connectivity index (χ3n) is 4.70. The van der Waals surface area contributed by atoms with Gasteiger partial charge in [-0.05, 0) is 12.3 Å². The van der Waals surface area contributed by atoms with Crippen molar-refractivity contribution in [2.24, 2.45) is 17.4 Å². The molecule has 1 rings (SSSR count). The van der Waals surface area contributed by atoms with Crippen molar-refractivity contribution in [2.75, 3.05) is 0 Å². The fraction of sp³-hybridized carbons (Fsp3) is 0.550. The first kappa shape index (κ1) is 29.0. The third-order valence-corrected chi connectivity index (χ3v) is 4.70. The van der Waals surface area contributed by atoms with Crippen molar-refractivity contribution in [1.29, 1.82) is 0 Å². The zero-order valence-electron chi connectivity index (χ0n) is 19.3. The summed E-state index contributed by atoms with van der Waals surface area (Å²) < 4.78 is 0. The topological polar surface area (TPSA) is 260 Å². The predicted octanol–water partition coefficient (Wildman–Crippen LogP) is -2.79. The SMILES string of the molecule is CC(C)CC(NC(=O)C(Cc1cnc[nH]1)NC(=O)C(N)CC(N)=O)C(=O)NC(CC(=O)O)C(=O)O. The van der Waals surface area contributed by atoms with E-state index in [0.717, 1.165) is 0 Å². The molecule has 0 aliphatic rings. The van der Waals surface area contributed by atoms with Crippen LogP contribution in [0, 0.1) is 5.92 Å². The number of carboxylic acid groups (broad SMARTS) is 2. The molecule has 0 spiro atoms. The number of carbonyl (C=O) groups is 6. The predicted molar refractivity (Wildman–Crippen MR) is 119 cm³/mol. The van der Waals surface area contributed by atoms with Crippen molar-refractivity contribution in [3.63, 3.8) is 0 Å². The Balaban J connectivity index is 3.06. The number of H-pyrrole nitrogens is 1. The van der Waals surface area contributed by atoms with Crippen LogP contribution in [0.25, 0.3) is 0 Å². The first-order valence-corrected chi connectivity index (χ1v) is 10.7. The molecule has 1 aromatic rings. The van der Waals surface area contributed by atoms with Gasteiger partial charge in [-0.15, -0.1) is 0 Å². The highest BCUT2D eigenvalue weighted by Crippen LogP contribution is 2.08. The summed E-state index contributed by atoms with van der Waals surface area (Å²) in [5.41, 5.74) is 11.2. The molecule has 0 saturated heterocycles. The van der Waals surface area contributed by atoms with E-state index in [4.69, 9.17) is 16.6 Å². The Hall–Kier alpha value is -4.01. The maximum atomic E-state index is 13.1. The summed E-state index contributed by atoms with van der Waals surface area (Å²) in [5.74, 6) is -6.47. The van der Waals surface area contributed by atoms with Crippen LogP contribution in [0.3, 0.4) is 0 Å². The lowest BCUT2D eigenvalue weighted by Gasteiger charge is -2.25. The first-order chi connectivity index (χ1) is 16.3. The van der Waals surface area contributed by atoms with Crippen LogP contribution in [0.15, 0.2) is 12.5 Å². The minimum atomic E-state index is -1.71. The van der Waals surface area contributed by atoms with Gasteiger partial charge < -0.3 is 42.6 Å². The molecule has 0 aromatic carbocycles. The number of nitrogens with one attached hydrogen (secondary N) is 4. The van der Waals surface area contributed by atoms with E-state index in [2.05, 4.69) is 25.9 Å². The molecular formula is C20H31N7O8. The molecule has 0 fully saturated rings. The van der Waals surface area contributed by atoms with Crippen LogP contribution in [0.5, 0.6) is 0 Å². The lowest BCUT2D eigenvalue weighted by molar-refractivity contribution is -0.147. The maximum Gasteiger partial charge on any atom is 0.326 e. The monoisotopic (exact) mass is 497 g/mol. The summed E-state index contributed by atoms with van der Waals surface area (Å²) in [6.07, 6.45) is 1.46. The Morgan fingerprint density at radius 1 is 0.943 bits per heavy atom. The zero-order chi connectivity index (χ0) is 26.7. The van der Waals surface area contributed by atoms with Crippen LogP contribution < -0.4 is 27.4 Å². The molecule has 0 radical (unpaired) electrons. The van der Waals surface area contributed by atoms with E-state index in [9.17, 15) is 33.9 Å². The van der Waals surface area contributed by atoms with Gasteiger partial charge in [-0.25, -0.2) is 9.78 Å². The quantitative estimate of drug-likeness (QED) is 0.123. The number of primary amides is 1. The molecule has 0 aliphatic heterocycles. The van der Waals surface area contributed by atoms with E-state index < -0.39 is 72.6 Å². The van der Waals surface area contributed by atoms with Crippen molar-refractivity contribution in [2.45, 2.75) is 63.7 Å². The van der Waals surface area contributed by atoms with Crippen molar-refractivity contribution >= 4 is 35.6 Å². The molecule has 15 heteroatoms. The highest BCUT2D eigenvalue weighted by atomic mass is 16.4. The second kappa shape index (κ2) is 13.6. The van der Waals surface area contributed by atoms with Gasteiger partial charge in [0.15, 0.2) is 0 Å². The van der Waals surface area contributed by atoms with Crippen molar-refractivity contribution < 1.29 is 39.0 Å². The number of hydrogen-bond donors (Lipinski definition) is 8. The van der Waals surface area contributed by atoms with Crippen LogP contribution in [-0.2, 0) is 35.2 Å². The molecule has 10 N–H and O–H groups in total. The van der Waals surface area contributed by atoms with Crippen molar-refractivity contribution in [3.05, 3.63) is 18.2 Å². The Kier molecular flexibility index (Phi) is 11.3. The van der Waals surface area contributed by atoms with E-state index in [-0.39, 0.29) is 18.8 Å². The van der Waals surface area contributed by atoms with Gasteiger partial charge in [0.25, 0.3) is 0 Å². The van der Waals surface area contributed by atoms with Gasteiger partial charge >= 0.3 is 11.9 Å². The molecule has 1 aromatic heterocycles. The molecule has 4 amide bonds. The lowest BCUT2D eigenvalue weighted by Crippen LogP contribution is -2.58. The molecule has 0 bridgehead atoms. The number of carboxylic acids is 2. The molecule has 35 heavy (non-hydrogen) atoms. The molecule has 4 unspecified atom stereocenters. The van der Waals surface area contributed by atoms with Crippen LogP contribution in [0.4, 0.5) is 0 Å². The number of nitrogens with zero attached hydrogens (tertiary/aromatic N) is 1. The number of amides is 4. The number of aromatic amines is 1. The average molecular weight is 498 g/mol. The van der Waals surface area contributed by atoms with Gasteiger partial charge in [-0.2, -0.15) is 0 Å². The summed E-state index contributed by atoms with van der Waals surface area (Å²) in [4.78, 5) is 78.1. The van der Waals surface area contributed by atoms with E-state index in [1.165, 1.54) is 12.5 Å². The number of aromatic nitrogens is 2. The highest BCUT2D eigenvalue weighted by Gasteiger charge is 2.32. The molecule has 0 saturated carbocycles. The number of imidazole rings is 1. The number of aliphatic carboxylic acids is 2. The van der Waals surface area contributed by atoms with Crippen molar-refractivity contribution in [3.8, 4) is 0 Å². The van der Waals surface area contributed by atoms with Gasteiger partial charge in [0, 0.05) is 18.3 Å². The highest BCUT2D eigenvalue weighted by molar-refractivity contribution is 5.95. The summed E-state index contributed by atoms with van der Waals surface area (Å²) in [5, 5.41) is 25.1. The summed E-state index contributed by atoms with van der Waals surface area (Å²) >= 11 is 0. The van der Waals surface area contributed by atoms with E-state index in [1.807, 2.05) is 0 Å². The third kappa shape index (κ3) is 10.6. The van der Waals surface area contributed by atoms with Crippen LogP contribution >= 0.6 is 0 Å². The molecule has 0 aliphatic carbocycles. The molecular weight excluding hydrogens is 466 g/mol. The fourth-order valence-corrected chi connectivity index (χ4v) is 3.04. The second-order valence-electron chi connectivity index (χ2n) is 8.31. The standard InChI is InChI=1S/C20H31N7O8/c1-9(2)3-12(18(32)27-14(20(34)35)6-16(29)30)26-19(33)13(4-10-7-23-8-24-10)25-17(31)11(21)5-15(22)28/h7-9,11-14H,3-6,21H2,1-2H3,(H2,22,28)(H,23,24)(H,25,31)(H,26,33)(H,27,32)(H,29,30)(H,34,35). The summed E-state index contributed by atoms with van der Waals surface area (Å²) in [6, 6.07) is -5.51. The molecule has 4 atom stereocenters. The van der Waals surface area contributed by atoms with E-state index in [0.29, 0.717) is 5.69 Å². The number of carbonyl (C=O) groups excluding carboxylic acids is 4. The largest absolute Gasteiger partial charge is 0.481 e.